The summed E-state index contributed by atoms with van der Waals surface area (Å²) in [4.78, 5) is 6.88. The molecule has 96 valence electrons. The molecule has 1 aromatic rings. The predicted octanol–water partition coefficient (Wildman–Crippen LogP) is 1.79. The quantitative estimate of drug-likeness (QED) is 0.740. The van der Waals surface area contributed by atoms with E-state index in [9.17, 15) is 0 Å². The minimum atomic E-state index is 0.683. The lowest BCUT2D eigenvalue weighted by Gasteiger charge is -2.17. The third-order valence-electron chi connectivity index (χ3n) is 3.16. The third kappa shape index (κ3) is 4.14. The molecule has 18 heavy (non-hydrogen) atoms. The van der Waals surface area contributed by atoms with Crippen LogP contribution in [0.2, 0.25) is 0 Å². The third-order valence-corrected chi connectivity index (χ3v) is 3.16. The van der Waals surface area contributed by atoms with E-state index in [1.807, 2.05) is 0 Å². The van der Waals surface area contributed by atoms with E-state index in [1.165, 1.54) is 12.8 Å². The molecule has 1 aliphatic carbocycles. The van der Waals surface area contributed by atoms with E-state index in [-0.39, 0.29) is 0 Å². The molecule has 0 saturated heterocycles. The topological polar surface area (TPSA) is 28.2 Å². The number of rotatable bonds is 7. The van der Waals surface area contributed by atoms with Crippen LogP contribution in [0.4, 0.5) is 0 Å². The number of nitrogens with zero attached hydrogens (tertiary/aromatic N) is 2. The molecule has 0 spiro atoms. The second-order valence-corrected chi connectivity index (χ2v) is 4.78. The average molecular weight is 243 g/mol. The van der Waals surface area contributed by atoms with E-state index in [0.29, 0.717) is 6.54 Å². The molecule has 0 unspecified atom stereocenters. The van der Waals surface area contributed by atoms with Crippen molar-refractivity contribution >= 4 is 0 Å². The number of hydrogen-bond donors (Lipinski definition) is 1. The Hall–Kier alpha value is -1.37. The van der Waals surface area contributed by atoms with Crippen LogP contribution >= 0.6 is 0 Å². The summed E-state index contributed by atoms with van der Waals surface area (Å²) in [5.41, 5.74) is 2.22. The van der Waals surface area contributed by atoms with Gasteiger partial charge in [0.2, 0.25) is 0 Å². The first-order valence-corrected chi connectivity index (χ1v) is 6.66. The van der Waals surface area contributed by atoms with Gasteiger partial charge in [0.25, 0.3) is 0 Å². The maximum Gasteiger partial charge on any atom is 0.0602 e. The van der Waals surface area contributed by atoms with E-state index in [4.69, 9.17) is 6.42 Å². The molecule has 1 saturated carbocycles. The first-order chi connectivity index (χ1) is 8.81. The van der Waals surface area contributed by atoms with Crippen LogP contribution in [-0.4, -0.2) is 29.0 Å². The highest BCUT2D eigenvalue weighted by molar-refractivity contribution is 5.12. The van der Waals surface area contributed by atoms with Gasteiger partial charge < -0.3 is 5.32 Å². The zero-order valence-electron chi connectivity index (χ0n) is 11.0. The SMILES string of the molecule is C#CCN(CC)Cc1cccc(CNC2CC2)n1. The van der Waals surface area contributed by atoms with Crippen molar-refractivity contribution in [1.29, 1.82) is 0 Å². The molecule has 3 heteroatoms. The van der Waals surface area contributed by atoms with Crippen LogP contribution < -0.4 is 5.32 Å². The summed E-state index contributed by atoms with van der Waals surface area (Å²) in [6, 6.07) is 6.95. The molecular formula is C15H21N3. The predicted molar refractivity (Wildman–Crippen MR) is 73.9 cm³/mol. The van der Waals surface area contributed by atoms with Crippen LogP contribution in [0, 0.1) is 12.3 Å². The average Bonchev–Trinajstić information content (AvgIpc) is 3.20. The number of nitrogens with one attached hydrogen (secondary N) is 1. The lowest BCUT2D eigenvalue weighted by Crippen LogP contribution is -2.24. The van der Waals surface area contributed by atoms with E-state index in [2.05, 4.69) is 46.2 Å². The summed E-state index contributed by atoms with van der Waals surface area (Å²) < 4.78 is 0. The molecule has 0 radical (unpaired) electrons. The summed E-state index contributed by atoms with van der Waals surface area (Å²) in [5.74, 6) is 2.69. The largest absolute Gasteiger partial charge is 0.308 e. The highest BCUT2D eigenvalue weighted by Gasteiger charge is 2.20. The Balaban J connectivity index is 1.90. The maximum atomic E-state index is 5.35. The van der Waals surface area contributed by atoms with Crippen molar-refractivity contribution < 1.29 is 0 Å². The smallest absolute Gasteiger partial charge is 0.0602 e. The lowest BCUT2D eigenvalue weighted by atomic mass is 10.2. The molecule has 1 heterocycles. The Morgan fingerprint density at radius 2 is 2.22 bits per heavy atom. The summed E-state index contributed by atoms with van der Waals surface area (Å²) in [7, 11) is 0. The minimum Gasteiger partial charge on any atom is -0.308 e. The van der Waals surface area contributed by atoms with E-state index in [0.717, 1.165) is 37.1 Å². The fourth-order valence-electron chi connectivity index (χ4n) is 1.89. The van der Waals surface area contributed by atoms with Gasteiger partial charge in [-0.15, -0.1) is 6.42 Å². The van der Waals surface area contributed by atoms with Gasteiger partial charge in [-0.1, -0.05) is 18.9 Å². The maximum absolute atomic E-state index is 5.35. The Morgan fingerprint density at radius 3 is 2.89 bits per heavy atom. The number of pyridine rings is 1. The van der Waals surface area contributed by atoms with Gasteiger partial charge in [0.1, 0.15) is 0 Å². The van der Waals surface area contributed by atoms with E-state index in [1.54, 1.807) is 0 Å². The number of hydrogen-bond acceptors (Lipinski definition) is 3. The van der Waals surface area contributed by atoms with Crippen molar-refractivity contribution in [2.75, 3.05) is 13.1 Å². The van der Waals surface area contributed by atoms with Gasteiger partial charge in [0, 0.05) is 19.1 Å². The standard InChI is InChI=1S/C15H21N3/c1-3-10-18(4-2)12-15-7-5-6-14(17-15)11-16-13-8-9-13/h1,5-7,13,16H,4,8-12H2,2H3. The van der Waals surface area contributed by atoms with Gasteiger partial charge in [-0.05, 0) is 31.5 Å². The fraction of sp³-hybridized carbons (Fsp3) is 0.533. The zero-order valence-corrected chi connectivity index (χ0v) is 11.0. The van der Waals surface area contributed by atoms with E-state index < -0.39 is 0 Å². The molecular weight excluding hydrogens is 222 g/mol. The van der Waals surface area contributed by atoms with Crippen LogP contribution in [0.5, 0.6) is 0 Å². The molecule has 0 aliphatic heterocycles. The molecule has 1 fully saturated rings. The molecule has 0 aromatic carbocycles. The van der Waals surface area contributed by atoms with Crippen LogP contribution in [0.15, 0.2) is 18.2 Å². The van der Waals surface area contributed by atoms with Crippen LogP contribution in [0.3, 0.4) is 0 Å². The summed E-state index contributed by atoms with van der Waals surface area (Å²) in [5, 5.41) is 3.48. The molecule has 1 aliphatic rings. The summed E-state index contributed by atoms with van der Waals surface area (Å²) >= 11 is 0. The minimum absolute atomic E-state index is 0.683. The normalized spacial score (nSPS) is 14.7. The molecule has 0 atom stereocenters. The summed E-state index contributed by atoms with van der Waals surface area (Å²) in [6.07, 6.45) is 7.98. The summed E-state index contributed by atoms with van der Waals surface area (Å²) in [6.45, 7) is 5.47. The zero-order chi connectivity index (χ0) is 12.8. The highest BCUT2D eigenvalue weighted by Crippen LogP contribution is 2.19. The first-order valence-electron chi connectivity index (χ1n) is 6.66. The van der Waals surface area contributed by atoms with Gasteiger partial charge >= 0.3 is 0 Å². The first kappa shape index (κ1) is 13.1. The van der Waals surface area contributed by atoms with Crippen molar-refractivity contribution in [2.45, 2.75) is 38.9 Å². The van der Waals surface area contributed by atoms with Gasteiger partial charge in [-0.2, -0.15) is 0 Å². The monoisotopic (exact) mass is 243 g/mol. The molecule has 0 bridgehead atoms. The van der Waals surface area contributed by atoms with Crippen LogP contribution in [-0.2, 0) is 13.1 Å². The Morgan fingerprint density at radius 1 is 1.44 bits per heavy atom. The molecule has 1 aromatic heterocycles. The van der Waals surface area contributed by atoms with E-state index >= 15 is 0 Å². The van der Waals surface area contributed by atoms with Gasteiger partial charge in [0.15, 0.2) is 0 Å². The molecule has 2 rings (SSSR count). The van der Waals surface area contributed by atoms with Crippen molar-refractivity contribution in [3.8, 4) is 12.3 Å². The Kier molecular flexibility index (Phi) is 4.74. The van der Waals surface area contributed by atoms with Crippen LogP contribution in [0.1, 0.15) is 31.2 Å². The second kappa shape index (κ2) is 6.53. The van der Waals surface area contributed by atoms with Crippen molar-refractivity contribution in [2.24, 2.45) is 0 Å². The van der Waals surface area contributed by atoms with Crippen LogP contribution in [0.25, 0.3) is 0 Å². The van der Waals surface area contributed by atoms with Gasteiger partial charge in [0.05, 0.1) is 17.9 Å². The second-order valence-electron chi connectivity index (χ2n) is 4.78. The van der Waals surface area contributed by atoms with Crippen molar-refractivity contribution in [1.82, 2.24) is 15.2 Å². The van der Waals surface area contributed by atoms with Crippen molar-refractivity contribution in [3.05, 3.63) is 29.6 Å². The molecule has 0 amide bonds. The molecule has 1 N–H and O–H groups in total. The highest BCUT2D eigenvalue weighted by atomic mass is 15.1. The van der Waals surface area contributed by atoms with Gasteiger partial charge in [-0.25, -0.2) is 0 Å². The van der Waals surface area contributed by atoms with Crippen molar-refractivity contribution in [3.63, 3.8) is 0 Å². The number of aromatic nitrogens is 1. The Labute approximate surface area is 110 Å². The molecule has 3 nitrogen and oxygen atoms in total. The Bertz CT molecular complexity index is 418. The lowest BCUT2D eigenvalue weighted by molar-refractivity contribution is 0.312. The fourth-order valence-corrected chi connectivity index (χ4v) is 1.89. The number of terminal acetylenes is 1. The van der Waals surface area contributed by atoms with Gasteiger partial charge in [-0.3, -0.25) is 9.88 Å².